The second kappa shape index (κ2) is 5.17. The molecule has 0 aromatic heterocycles. The van der Waals surface area contributed by atoms with E-state index in [0.29, 0.717) is 23.6 Å². The molecule has 24 heavy (non-hydrogen) atoms. The van der Waals surface area contributed by atoms with Crippen LogP contribution in [0.4, 0.5) is 5.69 Å². The Labute approximate surface area is 142 Å². The highest BCUT2D eigenvalue weighted by Gasteiger charge is 2.53. The van der Waals surface area contributed by atoms with Gasteiger partial charge < -0.3 is 15.2 Å². The molecule has 2 bridgehead atoms. The van der Waals surface area contributed by atoms with Crippen molar-refractivity contribution in [2.75, 3.05) is 12.4 Å². The first-order chi connectivity index (χ1) is 11.7. The number of aromatic hydroxyl groups is 1. The fourth-order valence-electron chi connectivity index (χ4n) is 5.60. The number of anilines is 1. The highest BCUT2D eigenvalue weighted by Crippen LogP contribution is 2.63. The SMILES string of the molecule is COc1ccc2c(c1)[C@H]1[C@@H]3CC[C@@H](C3)[C@H]1[C@H](c1ccc(O)cc1)N2. The monoisotopic (exact) mass is 321 g/mol. The summed E-state index contributed by atoms with van der Waals surface area (Å²) < 4.78 is 5.48. The Morgan fingerprint density at radius 3 is 2.62 bits per heavy atom. The van der Waals surface area contributed by atoms with Gasteiger partial charge in [0.2, 0.25) is 0 Å². The van der Waals surface area contributed by atoms with Gasteiger partial charge in [-0.05, 0) is 84.4 Å². The van der Waals surface area contributed by atoms with Gasteiger partial charge in [-0.1, -0.05) is 12.1 Å². The van der Waals surface area contributed by atoms with E-state index in [1.54, 1.807) is 7.11 Å². The van der Waals surface area contributed by atoms with Crippen molar-refractivity contribution in [3.63, 3.8) is 0 Å². The van der Waals surface area contributed by atoms with Gasteiger partial charge in [0.05, 0.1) is 13.2 Å². The number of fused-ring (bicyclic) bond motifs is 7. The van der Waals surface area contributed by atoms with Crippen molar-refractivity contribution in [3.8, 4) is 11.5 Å². The van der Waals surface area contributed by atoms with E-state index in [4.69, 9.17) is 4.74 Å². The molecule has 3 nitrogen and oxygen atoms in total. The van der Waals surface area contributed by atoms with Crippen LogP contribution in [-0.4, -0.2) is 12.2 Å². The summed E-state index contributed by atoms with van der Waals surface area (Å²) in [5, 5.41) is 13.4. The molecule has 2 fully saturated rings. The quantitative estimate of drug-likeness (QED) is 0.842. The Morgan fingerprint density at radius 1 is 1.04 bits per heavy atom. The van der Waals surface area contributed by atoms with Gasteiger partial charge in [0.25, 0.3) is 0 Å². The second-order valence-corrected chi connectivity index (χ2v) is 7.60. The highest BCUT2D eigenvalue weighted by atomic mass is 16.5. The van der Waals surface area contributed by atoms with Gasteiger partial charge in [-0.15, -0.1) is 0 Å². The van der Waals surface area contributed by atoms with E-state index in [9.17, 15) is 5.11 Å². The van der Waals surface area contributed by atoms with Crippen molar-refractivity contribution in [1.29, 1.82) is 0 Å². The highest BCUT2D eigenvalue weighted by molar-refractivity contribution is 5.61. The van der Waals surface area contributed by atoms with Crippen molar-refractivity contribution in [1.82, 2.24) is 0 Å². The van der Waals surface area contributed by atoms with E-state index in [-0.39, 0.29) is 0 Å². The Bertz CT molecular complexity index is 770. The zero-order valence-corrected chi connectivity index (χ0v) is 13.9. The number of hydrogen-bond donors (Lipinski definition) is 2. The molecule has 3 aliphatic rings. The molecule has 0 amide bonds. The van der Waals surface area contributed by atoms with E-state index in [0.717, 1.165) is 17.6 Å². The van der Waals surface area contributed by atoms with Crippen molar-refractivity contribution < 1.29 is 9.84 Å². The number of benzene rings is 2. The minimum absolute atomic E-state index is 0.337. The van der Waals surface area contributed by atoms with Crippen LogP contribution in [0.15, 0.2) is 42.5 Å². The Kier molecular flexibility index (Phi) is 3.06. The number of methoxy groups -OCH3 is 1. The van der Waals surface area contributed by atoms with Gasteiger partial charge in [0.15, 0.2) is 0 Å². The third kappa shape index (κ3) is 1.97. The first kappa shape index (κ1) is 14.2. The minimum Gasteiger partial charge on any atom is -0.508 e. The molecule has 2 saturated carbocycles. The summed E-state index contributed by atoms with van der Waals surface area (Å²) in [6.07, 6.45) is 4.09. The molecule has 0 unspecified atom stereocenters. The molecule has 0 radical (unpaired) electrons. The summed E-state index contributed by atoms with van der Waals surface area (Å²) in [4.78, 5) is 0. The molecule has 2 aromatic rings. The summed E-state index contributed by atoms with van der Waals surface area (Å²) in [7, 11) is 1.75. The van der Waals surface area contributed by atoms with Crippen LogP contribution < -0.4 is 10.1 Å². The summed E-state index contributed by atoms with van der Waals surface area (Å²) in [6.45, 7) is 0. The Morgan fingerprint density at radius 2 is 1.83 bits per heavy atom. The molecule has 1 heterocycles. The zero-order chi connectivity index (χ0) is 16.3. The van der Waals surface area contributed by atoms with Crippen LogP contribution in [0.25, 0.3) is 0 Å². The van der Waals surface area contributed by atoms with E-state index < -0.39 is 0 Å². The van der Waals surface area contributed by atoms with Gasteiger partial charge in [-0.25, -0.2) is 0 Å². The van der Waals surface area contributed by atoms with Crippen molar-refractivity contribution in [2.24, 2.45) is 17.8 Å². The van der Waals surface area contributed by atoms with Crippen LogP contribution >= 0.6 is 0 Å². The lowest BCUT2D eigenvalue weighted by atomic mass is 9.68. The van der Waals surface area contributed by atoms with Crippen LogP contribution in [0, 0.1) is 17.8 Å². The van der Waals surface area contributed by atoms with Crippen LogP contribution in [-0.2, 0) is 0 Å². The number of rotatable bonds is 2. The summed E-state index contributed by atoms with van der Waals surface area (Å²) in [5.41, 5.74) is 3.99. The van der Waals surface area contributed by atoms with E-state index in [1.165, 1.54) is 36.1 Å². The largest absolute Gasteiger partial charge is 0.508 e. The average Bonchev–Trinajstić information content (AvgIpc) is 3.23. The zero-order valence-electron chi connectivity index (χ0n) is 13.9. The average molecular weight is 321 g/mol. The van der Waals surface area contributed by atoms with Crippen LogP contribution in [0.5, 0.6) is 11.5 Å². The predicted octanol–water partition coefficient (Wildman–Crippen LogP) is 4.70. The summed E-state index contributed by atoms with van der Waals surface area (Å²) in [6, 6.07) is 14.6. The van der Waals surface area contributed by atoms with Gasteiger partial charge in [0, 0.05) is 5.69 Å². The molecule has 2 aromatic carbocycles. The molecule has 2 N–H and O–H groups in total. The first-order valence-electron chi connectivity index (χ1n) is 8.98. The molecular weight excluding hydrogens is 298 g/mol. The van der Waals surface area contributed by atoms with Crippen LogP contribution in [0.3, 0.4) is 0 Å². The number of phenols is 1. The van der Waals surface area contributed by atoms with E-state index in [1.807, 2.05) is 18.2 Å². The molecule has 2 aliphatic carbocycles. The van der Waals surface area contributed by atoms with Crippen molar-refractivity contribution in [2.45, 2.75) is 31.2 Å². The molecule has 3 heteroatoms. The number of phenolic OH excluding ortho intramolecular Hbond substituents is 1. The minimum atomic E-state index is 0.337. The Balaban J connectivity index is 1.62. The molecular formula is C21H23NO2. The van der Waals surface area contributed by atoms with Crippen molar-refractivity contribution in [3.05, 3.63) is 53.6 Å². The third-order valence-corrected chi connectivity index (χ3v) is 6.55. The molecule has 0 spiro atoms. The predicted molar refractivity (Wildman–Crippen MR) is 94.5 cm³/mol. The molecule has 1 aliphatic heterocycles. The van der Waals surface area contributed by atoms with Gasteiger partial charge in [-0.3, -0.25) is 0 Å². The summed E-state index contributed by atoms with van der Waals surface area (Å²) in [5.74, 6) is 4.20. The van der Waals surface area contributed by atoms with Crippen LogP contribution in [0.1, 0.15) is 42.3 Å². The number of nitrogens with one attached hydrogen (secondary N) is 1. The maximum atomic E-state index is 9.63. The lowest BCUT2D eigenvalue weighted by Crippen LogP contribution is -2.35. The topological polar surface area (TPSA) is 41.5 Å². The van der Waals surface area contributed by atoms with E-state index in [2.05, 4.69) is 29.6 Å². The smallest absolute Gasteiger partial charge is 0.119 e. The fourth-order valence-corrected chi connectivity index (χ4v) is 5.60. The Hall–Kier alpha value is -2.16. The third-order valence-electron chi connectivity index (χ3n) is 6.55. The maximum Gasteiger partial charge on any atom is 0.119 e. The first-order valence-corrected chi connectivity index (χ1v) is 8.98. The lowest BCUT2D eigenvalue weighted by Gasteiger charge is -2.43. The number of ether oxygens (including phenoxy) is 1. The molecule has 5 rings (SSSR count). The van der Waals surface area contributed by atoms with Gasteiger partial charge >= 0.3 is 0 Å². The molecule has 5 atom stereocenters. The molecule has 0 saturated heterocycles. The van der Waals surface area contributed by atoms with E-state index >= 15 is 0 Å². The standard InChI is InChI=1S/C21H23NO2/c1-24-16-8-9-18-17(11-16)19-13-2-3-14(10-13)20(19)21(22-18)12-4-6-15(23)7-5-12/h4-9,11,13-14,19-23H,2-3,10H2,1H3/t13-,14+,19-,20-,21+/m1/s1. The maximum absolute atomic E-state index is 9.63. The van der Waals surface area contributed by atoms with Crippen molar-refractivity contribution >= 4 is 5.69 Å². The van der Waals surface area contributed by atoms with Gasteiger partial charge in [0.1, 0.15) is 11.5 Å². The lowest BCUT2D eigenvalue weighted by molar-refractivity contribution is 0.247. The van der Waals surface area contributed by atoms with Crippen LogP contribution in [0.2, 0.25) is 0 Å². The molecule has 124 valence electrons. The number of hydrogen-bond acceptors (Lipinski definition) is 3. The summed E-state index contributed by atoms with van der Waals surface area (Å²) >= 11 is 0. The van der Waals surface area contributed by atoms with Gasteiger partial charge in [-0.2, -0.15) is 0 Å². The normalized spacial score (nSPS) is 32.8. The fraction of sp³-hybridized carbons (Fsp3) is 0.429. The second-order valence-electron chi connectivity index (χ2n) is 7.60.